The maximum Gasteiger partial charge on any atom is 0.263 e. The van der Waals surface area contributed by atoms with Gasteiger partial charge in [-0.3, -0.25) is 4.72 Å². The van der Waals surface area contributed by atoms with E-state index in [4.69, 9.17) is 9.47 Å². The molecule has 28 heavy (non-hydrogen) atoms. The molecule has 2 aromatic carbocycles. The third kappa shape index (κ3) is 4.80. The predicted octanol–water partition coefficient (Wildman–Crippen LogP) is 4.17. The second kappa shape index (κ2) is 8.75. The van der Waals surface area contributed by atoms with Crippen molar-refractivity contribution in [1.82, 2.24) is 4.98 Å². The molecular formula is C21H22N2O4S. The average Bonchev–Trinajstić information content (AvgIpc) is 2.69. The summed E-state index contributed by atoms with van der Waals surface area (Å²) in [7, 11) is -3.81. The fourth-order valence-electron chi connectivity index (χ4n) is 2.58. The first kappa shape index (κ1) is 19.7. The van der Waals surface area contributed by atoms with Crippen molar-refractivity contribution in [2.45, 2.75) is 25.3 Å². The fraction of sp³-hybridized carbons (Fsp3) is 0.190. The smallest absolute Gasteiger partial charge is 0.263 e. The molecule has 6 nitrogen and oxygen atoms in total. The molecule has 0 aliphatic rings. The van der Waals surface area contributed by atoms with Gasteiger partial charge in [0.25, 0.3) is 10.0 Å². The second-order valence-corrected chi connectivity index (χ2v) is 7.76. The van der Waals surface area contributed by atoms with Gasteiger partial charge < -0.3 is 9.47 Å². The molecule has 0 spiro atoms. The number of benzene rings is 2. The topological polar surface area (TPSA) is 77.5 Å². The summed E-state index contributed by atoms with van der Waals surface area (Å²) >= 11 is 0. The lowest BCUT2D eigenvalue weighted by Gasteiger charge is -2.13. The van der Waals surface area contributed by atoms with Gasteiger partial charge in [0.05, 0.1) is 11.5 Å². The molecule has 0 unspecified atom stereocenters. The van der Waals surface area contributed by atoms with Crippen LogP contribution in [0.4, 0.5) is 5.82 Å². The van der Waals surface area contributed by atoms with E-state index in [0.29, 0.717) is 24.7 Å². The summed E-state index contributed by atoms with van der Waals surface area (Å²) in [5.74, 6) is 1.12. The molecule has 1 heterocycles. The Hall–Kier alpha value is -3.06. The van der Waals surface area contributed by atoms with Crippen LogP contribution in [0, 0.1) is 6.92 Å². The van der Waals surface area contributed by atoms with Crippen LogP contribution in [0.2, 0.25) is 0 Å². The molecule has 146 valence electrons. The zero-order valence-electron chi connectivity index (χ0n) is 15.8. The Kier molecular flexibility index (Phi) is 6.16. The molecule has 0 bridgehead atoms. The summed E-state index contributed by atoms with van der Waals surface area (Å²) in [6.45, 7) is 4.69. The van der Waals surface area contributed by atoms with Gasteiger partial charge in [0.15, 0.2) is 11.6 Å². The lowest BCUT2D eigenvalue weighted by Crippen LogP contribution is -2.15. The highest BCUT2D eigenvalue weighted by molar-refractivity contribution is 7.92. The number of ether oxygens (including phenoxy) is 2. The van der Waals surface area contributed by atoms with Gasteiger partial charge in [-0.2, -0.15) is 0 Å². The maximum atomic E-state index is 12.7. The van der Waals surface area contributed by atoms with E-state index >= 15 is 0 Å². The van der Waals surface area contributed by atoms with Crippen molar-refractivity contribution in [3.63, 3.8) is 0 Å². The molecule has 0 fully saturated rings. The van der Waals surface area contributed by atoms with Crippen LogP contribution in [-0.2, 0) is 16.6 Å². The maximum absolute atomic E-state index is 12.7. The van der Waals surface area contributed by atoms with Gasteiger partial charge in [0.2, 0.25) is 0 Å². The van der Waals surface area contributed by atoms with Crippen molar-refractivity contribution >= 4 is 15.8 Å². The number of hydrogen-bond acceptors (Lipinski definition) is 5. The zero-order chi connectivity index (χ0) is 20.0. The van der Waals surface area contributed by atoms with Gasteiger partial charge in [-0.25, -0.2) is 13.4 Å². The Morgan fingerprint density at radius 3 is 2.43 bits per heavy atom. The summed E-state index contributed by atoms with van der Waals surface area (Å²) in [6.07, 6.45) is 1.51. The third-order valence-electron chi connectivity index (χ3n) is 4.09. The van der Waals surface area contributed by atoms with Gasteiger partial charge in [-0.15, -0.1) is 0 Å². The molecule has 3 rings (SSSR count). The van der Waals surface area contributed by atoms with Gasteiger partial charge in [-0.1, -0.05) is 24.3 Å². The molecule has 3 aromatic rings. The normalized spacial score (nSPS) is 11.1. The Labute approximate surface area is 165 Å². The van der Waals surface area contributed by atoms with Crippen LogP contribution in [0.3, 0.4) is 0 Å². The van der Waals surface area contributed by atoms with Crippen LogP contribution in [0.5, 0.6) is 11.5 Å². The van der Waals surface area contributed by atoms with Crippen molar-refractivity contribution in [3.05, 3.63) is 78.0 Å². The minimum absolute atomic E-state index is 0.117. The minimum atomic E-state index is -3.81. The van der Waals surface area contributed by atoms with Crippen LogP contribution in [-0.4, -0.2) is 20.0 Å². The monoisotopic (exact) mass is 398 g/mol. The summed E-state index contributed by atoms with van der Waals surface area (Å²) in [4.78, 5) is 4.25. The van der Waals surface area contributed by atoms with Crippen molar-refractivity contribution in [3.8, 4) is 11.5 Å². The molecule has 0 saturated carbocycles. The number of sulfonamides is 1. The summed E-state index contributed by atoms with van der Waals surface area (Å²) in [5.41, 5.74) is 2.12. The molecule has 1 N–H and O–H groups in total. The van der Waals surface area contributed by atoms with Crippen LogP contribution in [0.1, 0.15) is 18.1 Å². The predicted molar refractivity (Wildman–Crippen MR) is 108 cm³/mol. The zero-order valence-corrected chi connectivity index (χ0v) is 16.6. The van der Waals surface area contributed by atoms with E-state index in [9.17, 15) is 8.42 Å². The summed E-state index contributed by atoms with van der Waals surface area (Å²) in [5, 5.41) is 0. The van der Waals surface area contributed by atoms with E-state index in [1.807, 2.05) is 38.1 Å². The van der Waals surface area contributed by atoms with Gasteiger partial charge in [0, 0.05) is 6.20 Å². The van der Waals surface area contributed by atoms with Crippen molar-refractivity contribution in [2.24, 2.45) is 0 Å². The van der Waals surface area contributed by atoms with E-state index < -0.39 is 10.0 Å². The van der Waals surface area contributed by atoms with Crippen LogP contribution in [0.25, 0.3) is 0 Å². The SMILES string of the molecule is CCOc1ccc(S(=O)(=O)Nc2ncccc2OCc2ccccc2C)cc1. The number of anilines is 1. The standard InChI is InChI=1S/C21H22N2O4S/c1-3-26-18-10-12-19(13-11-18)28(24,25)23-21-20(9-6-14-22-21)27-15-17-8-5-4-7-16(17)2/h4-14H,3,15H2,1-2H3,(H,22,23). The molecule has 7 heteroatoms. The number of aromatic nitrogens is 1. The minimum Gasteiger partial charge on any atom is -0.494 e. The molecule has 1 aromatic heterocycles. The van der Waals surface area contributed by atoms with Gasteiger partial charge in [0.1, 0.15) is 12.4 Å². The molecule has 0 radical (unpaired) electrons. The van der Waals surface area contributed by atoms with Crippen LogP contribution in [0.15, 0.2) is 71.8 Å². The number of rotatable bonds is 8. The molecule has 0 amide bonds. The number of aryl methyl sites for hydroxylation is 1. The summed E-state index contributed by atoms with van der Waals surface area (Å²) in [6, 6.07) is 17.5. The van der Waals surface area contributed by atoms with E-state index in [2.05, 4.69) is 9.71 Å². The van der Waals surface area contributed by atoms with Crippen LogP contribution < -0.4 is 14.2 Å². The number of pyridine rings is 1. The largest absolute Gasteiger partial charge is 0.494 e. The Bertz CT molecular complexity index is 1030. The van der Waals surface area contributed by atoms with Crippen molar-refractivity contribution in [2.75, 3.05) is 11.3 Å². The Balaban J connectivity index is 1.77. The average molecular weight is 398 g/mol. The molecule has 0 aliphatic carbocycles. The third-order valence-corrected chi connectivity index (χ3v) is 5.45. The van der Waals surface area contributed by atoms with Crippen molar-refractivity contribution < 1.29 is 17.9 Å². The first-order chi connectivity index (χ1) is 13.5. The van der Waals surface area contributed by atoms with E-state index in [1.54, 1.807) is 24.3 Å². The quantitative estimate of drug-likeness (QED) is 0.616. The highest BCUT2D eigenvalue weighted by Crippen LogP contribution is 2.26. The number of hydrogen-bond donors (Lipinski definition) is 1. The van der Waals surface area contributed by atoms with Crippen molar-refractivity contribution in [1.29, 1.82) is 0 Å². The summed E-state index contributed by atoms with van der Waals surface area (Å²) < 4.78 is 39.1. The lowest BCUT2D eigenvalue weighted by molar-refractivity contribution is 0.306. The van der Waals surface area contributed by atoms with E-state index in [-0.39, 0.29) is 10.7 Å². The molecule has 0 atom stereocenters. The van der Waals surface area contributed by atoms with E-state index in [0.717, 1.165) is 11.1 Å². The fourth-order valence-corrected chi connectivity index (χ4v) is 3.60. The molecular weight excluding hydrogens is 376 g/mol. The number of nitrogens with one attached hydrogen (secondary N) is 1. The Morgan fingerprint density at radius 2 is 1.71 bits per heavy atom. The first-order valence-electron chi connectivity index (χ1n) is 8.87. The van der Waals surface area contributed by atoms with E-state index in [1.165, 1.54) is 18.3 Å². The molecule has 0 aliphatic heterocycles. The second-order valence-electron chi connectivity index (χ2n) is 6.08. The molecule has 0 saturated heterocycles. The first-order valence-corrected chi connectivity index (χ1v) is 10.4. The number of nitrogens with zero attached hydrogens (tertiary/aromatic N) is 1. The Morgan fingerprint density at radius 1 is 0.964 bits per heavy atom. The highest BCUT2D eigenvalue weighted by atomic mass is 32.2. The van der Waals surface area contributed by atoms with Crippen LogP contribution >= 0.6 is 0 Å². The van der Waals surface area contributed by atoms with Gasteiger partial charge in [-0.05, 0) is 61.4 Å². The highest BCUT2D eigenvalue weighted by Gasteiger charge is 2.18. The van der Waals surface area contributed by atoms with Gasteiger partial charge >= 0.3 is 0 Å². The lowest BCUT2D eigenvalue weighted by atomic mass is 10.1.